The molecule has 0 atom stereocenters. The Balaban J connectivity index is 0.000000231. The van der Waals surface area contributed by atoms with Gasteiger partial charge in [-0.2, -0.15) is 0 Å². The van der Waals surface area contributed by atoms with Crippen molar-refractivity contribution in [2.24, 2.45) is 0 Å². The van der Waals surface area contributed by atoms with E-state index in [1.165, 1.54) is 13.0 Å². The van der Waals surface area contributed by atoms with E-state index >= 15 is 0 Å². The number of hydrogen-bond donors (Lipinski definition) is 0. The molecule has 0 amide bonds. The Kier molecular flexibility index (Phi) is 8.09. The van der Waals surface area contributed by atoms with E-state index in [4.69, 9.17) is 13.6 Å². The van der Waals surface area contributed by atoms with E-state index in [9.17, 15) is 14.4 Å². The molecule has 0 aliphatic heterocycles. The molecule has 0 spiro atoms. The van der Waals surface area contributed by atoms with Gasteiger partial charge in [0.25, 0.3) is 0 Å². The molecular formula is C16H18O7. The molecule has 0 N–H and O–H groups in total. The summed E-state index contributed by atoms with van der Waals surface area (Å²) in [6, 6.07) is 6.47. The summed E-state index contributed by atoms with van der Waals surface area (Å²) in [6.45, 7) is 4.37. The van der Waals surface area contributed by atoms with Gasteiger partial charge in [-0.3, -0.25) is 14.4 Å². The summed E-state index contributed by atoms with van der Waals surface area (Å²) in [6.07, 6.45) is 1.27. The van der Waals surface area contributed by atoms with Gasteiger partial charge in [-0.05, 0) is 31.2 Å². The van der Waals surface area contributed by atoms with Gasteiger partial charge in [0, 0.05) is 13.5 Å². The van der Waals surface area contributed by atoms with E-state index in [1.807, 2.05) is 6.92 Å². The quantitative estimate of drug-likeness (QED) is 0.571. The van der Waals surface area contributed by atoms with Crippen molar-refractivity contribution < 1.29 is 32.7 Å². The Labute approximate surface area is 133 Å². The van der Waals surface area contributed by atoms with Crippen LogP contribution in [0, 0.1) is 0 Å². The SMILES string of the molecule is CC(=O)OCc1ccc(C=O)o1.CCOCc1ccc(C=O)o1. The summed E-state index contributed by atoms with van der Waals surface area (Å²) in [5.41, 5.74) is 0. The van der Waals surface area contributed by atoms with Gasteiger partial charge in [0.1, 0.15) is 24.7 Å². The van der Waals surface area contributed by atoms with Gasteiger partial charge in [-0.25, -0.2) is 0 Å². The number of carbonyl (C=O) groups excluding carboxylic acids is 3. The van der Waals surface area contributed by atoms with Crippen molar-refractivity contribution in [1.29, 1.82) is 0 Å². The summed E-state index contributed by atoms with van der Waals surface area (Å²) < 4.78 is 19.7. The number of aldehydes is 2. The molecule has 0 aliphatic rings. The minimum atomic E-state index is -0.376. The summed E-state index contributed by atoms with van der Waals surface area (Å²) in [5, 5.41) is 0. The molecule has 2 rings (SSSR count). The first-order chi connectivity index (χ1) is 11.1. The fourth-order valence-electron chi connectivity index (χ4n) is 1.45. The van der Waals surface area contributed by atoms with Crippen LogP contribution in [0.15, 0.2) is 33.1 Å². The molecule has 7 heteroatoms. The lowest BCUT2D eigenvalue weighted by Gasteiger charge is -1.96. The van der Waals surface area contributed by atoms with Gasteiger partial charge in [0.05, 0.1) is 0 Å². The second kappa shape index (κ2) is 10.1. The lowest BCUT2D eigenvalue weighted by Crippen LogP contribution is -1.97. The number of furan rings is 2. The molecule has 2 aromatic rings. The Hall–Kier alpha value is -2.67. The van der Waals surface area contributed by atoms with Gasteiger partial charge in [0.2, 0.25) is 0 Å². The molecule has 23 heavy (non-hydrogen) atoms. The molecule has 0 bridgehead atoms. The van der Waals surface area contributed by atoms with E-state index < -0.39 is 0 Å². The summed E-state index contributed by atoms with van der Waals surface area (Å²) >= 11 is 0. The molecule has 0 radical (unpaired) electrons. The van der Waals surface area contributed by atoms with Crippen molar-refractivity contribution in [3.63, 3.8) is 0 Å². The number of hydrogen-bond acceptors (Lipinski definition) is 7. The molecule has 0 aromatic carbocycles. The third-order valence-corrected chi connectivity index (χ3v) is 2.46. The number of carbonyl (C=O) groups is 3. The fraction of sp³-hybridized carbons (Fsp3) is 0.312. The van der Waals surface area contributed by atoms with Gasteiger partial charge < -0.3 is 18.3 Å². The minimum Gasteiger partial charge on any atom is -0.458 e. The maximum absolute atomic E-state index is 10.4. The first-order valence-electron chi connectivity index (χ1n) is 6.88. The standard InChI is InChI=1S/C8H8O4.C8H10O3/c1-6(10)11-5-8-3-2-7(4-9)12-8;1-2-10-6-8-4-3-7(5-9)11-8/h2-4H,5H2,1H3;3-5H,2,6H2,1H3. The highest BCUT2D eigenvalue weighted by atomic mass is 16.5. The molecule has 2 heterocycles. The highest BCUT2D eigenvalue weighted by Gasteiger charge is 2.02. The monoisotopic (exact) mass is 322 g/mol. The predicted molar refractivity (Wildman–Crippen MR) is 79.0 cm³/mol. The molecule has 0 saturated carbocycles. The van der Waals surface area contributed by atoms with Crippen LogP contribution in [-0.4, -0.2) is 25.1 Å². The zero-order valence-corrected chi connectivity index (χ0v) is 12.9. The highest BCUT2D eigenvalue weighted by Crippen LogP contribution is 2.07. The summed E-state index contributed by atoms with van der Waals surface area (Å²) in [4.78, 5) is 30.7. The van der Waals surface area contributed by atoms with Crippen LogP contribution in [0.4, 0.5) is 0 Å². The Morgan fingerprint density at radius 1 is 1.00 bits per heavy atom. The average Bonchev–Trinajstić information content (AvgIpc) is 3.20. The van der Waals surface area contributed by atoms with Crippen LogP contribution < -0.4 is 0 Å². The first-order valence-corrected chi connectivity index (χ1v) is 6.88. The summed E-state index contributed by atoms with van der Waals surface area (Å²) in [5.74, 6) is 1.36. The zero-order valence-electron chi connectivity index (χ0n) is 12.9. The van der Waals surface area contributed by atoms with E-state index in [-0.39, 0.29) is 18.3 Å². The van der Waals surface area contributed by atoms with Crippen LogP contribution in [0.25, 0.3) is 0 Å². The van der Waals surface area contributed by atoms with Crippen LogP contribution in [0.2, 0.25) is 0 Å². The molecule has 0 unspecified atom stereocenters. The third kappa shape index (κ3) is 7.23. The molecule has 0 saturated heterocycles. The molecule has 0 fully saturated rings. The Bertz CT molecular complexity index is 624. The van der Waals surface area contributed by atoms with Crippen molar-refractivity contribution >= 4 is 18.5 Å². The van der Waals surface area contributed by atoms with Crippen LogP contribution in [0.1, 0.15) is 46.5 Å². The topological polar surface area (TPSA) is 96.0 Å². The van der Waals surface area contributed by atoms with E-state index in [0.717, 1.165) is 0 Å². The lowest BCUT2D eigenvalue weighted by atomic mass is 10.4. The first kappa shape index (κ1) is 18.4. The van der Waals surface area contributed by atoms with Crippen molar-refractivity contribution in [2.45, 2.75) is 27.1 Å². The highest BCUT2D eigenvalue weighted by molar-refractivity contribution is 5.70. The van der Waals surface area contributed by atoms with Gasteiger partial charge in [0.15, 0.2) is 24.1 Å². The smallest absolute Gasteiger partial charge is 0.303 e. The maximum Gasteiger partial charge on any atom is 0.303 e. The van der Waals surface area contributed by atoms with Gasteiger partial charge in [-0.15, -0.1) is 0 Å². The second-order valence-corrected chi connectivity index (χ2v) is 4.26. The lowest BCUT2D eigenvalue weighted by molar-refractivity contribution is -0.142. The van der Waals surface area contributed by atoms with Crippen LogP contribution in [0.5, 0.6) is 0 Å². The minimum absolute atomic E-state index is 0.0726. The number of rotatable bonds is 7. The van der Waals surface area contributed by atoms with Crippen LogP contribution in [0.3, 0.4) is 0 Å². The van der Waals surface area contributed by atoms with E-state index in [0.29, 0.717) is 43.1 Å². The Morgan fingerprint density at radius 2 is 1.52 bits per heavy atom. The van der Waals surface area contributed by atoms with Gasteiger partial charge in [-0.1, -0.05) is 0 Å². The summed E-state index contributed by atoms with van der Waals surface area (Å²) in [7, 11) is 0. The van der Waals surface area contributed by atoms with Crippen LogP contribution in [-0.2, 0) is 27.5 Å². The largest absolute Gasteiger partial charge is 0.458 e. The molecule has 7 nitrogen and oxygen atoms in total. The van der Waals surface area contributed by atoms with E-state index in [1.54, 1.807) is 18.2 Å². The van der Waals surface area contributed by atoms with Crippen molar-refractivity contribution in [2.75, 3.05) is 6.61 Å². The van der Waals surface area contributed by atoms with Crippen LogP contribution >= 0.6 is 0 Å². The number of ether oxygens (including phenoxy) is 2. The predicted octanol–water partition coefficient (Wildman–Crippen LogP) is 2.78. The van der Waals surface area contributed by atoms with Gasteiger partial charge >= 0.3 is 5.97 Å². The van der Waals surface area contributed by atoms with Crippen molar-refractivity contribution in [1.82, 2.24) is 0 Å². The average molecular weight is 322 g/mol. The van der Waals surface area contributed by atoms with Crippen molar-refractivity contribution in [3.8, 4) is 0 Å². The maximum atomic E-state index is 10.4. The molecule has 0 aliphatic carbocycles. The normalized spacial score (nSPS) is 9.65. The van der Waals surface area contributed by atoms with E-state index in [2.05, 4.69) is 4.74 Å². The number of esters is 1. The Morgan fingerprint density at radius 3 is 1.91 bits per heavy atom. The second-order valence-electron chi connectivity index (χ2n) is 4.26. The third-order valence-electron chi connectivity index (χ3n) is 2.46. The molecule has 2 aromatic heterocycles. The molecule has 124 valence electrons. The molecular weight excluding hydrogens is 304 g/mol. The fourth-order valence-corrected chi connectivity index (χ4v) is 1.45. The van der Waals surface area contributed by atoms with Crippen molar-refractivity contribution in [3.05, 3.63) is 47.3 Å². The zero-order chi connectivity index (χ0) is 17.1.